The Morgan fingerprint density at radius 3 is 2.43 bits per heavy atom. The number of ether oxygens (including phenoxy) is 1. The minimum Gasteiger partial charge on any atom is -0.492 e. The van der Waals surface area contributed by atoms with E-state index in [1.54, 1.807) is 31.3 Å². The maximum absolute atomic E-state index is 11.5. The number of nitrogens with one attached hydrogen (secondary N) is 2. The van der Waals surface area contributed by atoms with E-state index < -0.39 is 9.84 Å². The third kappa shape index (κ3) is 6.75. The number of hydrogen-bond donors (Lipinski definition) is 2. The van der Waals surface area contributed by atoms with Crippen LogP contribution in [0.5, 0.6) is 5.75 Å². The van der Waals surface area contributed by atoms with E-state index in [-0.39, 0.29) is 34.3 Å². The van der Waals surface area contributed by atoms with Gasteiger partial charge in [0, 0.05) is 30.3 Å². The third-order valence-corrected chi connectivity index (χ3v) is 6.39. The first-order valence-corrected chi connectivity index (χ1v) is 11.7. The molecule has 164 valence electrons. The predicted molar refractivity (Wildman–Crippen MR) is 132 cm³/mol. The van der Waals surface area contributed by atoms with E-state index >= 15 is 0 Å². The van der Waals surface area contributed by atoms with Gasteiger partial charge in [0.25, 0.3) is 0 Å². The molecule has 1 fully saturated rings. The SMILES string of the molecule is CN=C(NCCOc1ccc(S(C)(=O)=O)cc1)NCC1(c2cccc(Cl)c2)CC1.I. The smallest absolute Gasteiger partial charge is 0.191 e. The lowest BCUT2D eigenvalue weighted by molar-refractivity contribution is 0.321. The van der Waals surface area contributed by atoms with Crippen molar-refractivity contribution in [3.63, 3.8) is 0 Å². The lowest BCUT2D eigenvalue weighted by Crippen LogP contribution is -2.42. The maximum Gasteiger partial charge on any atom is 0.191 e. The summed E-state index contributed by atoms with van der Waals surface area (Å²) in [5.41, 5.74) is 1.38. The number of guanidine groups is 1. The molecule has 2 aromatic carbocycles. The summed E-state index contributed by atoms with van der Waals surface area (Å²) in [7, 11) is -1.46. The lowest BCUT2D eigenvalue weighted by Gasteiger charge is -2.19. The van der Waals surface area contributed by atoms with Crippen molar-refractivity contribution in [2.75, 3.05) is 33.0 Å². The van der Waals surface area contributed by atoms with Crippen LogP contribution >= 0.6 is 35.6 Å². The van der Waals surface area contributed by atoms with Crippen molar-refractivity contribution in [1.29, 1.82) is 0 Å². The van der Waals surface area contributed by atoms with Gasteiger partial charge in [-0.2, -0.15) is 0 Å². The summed E-state index contributed by atoms with van der Waals surface area (Å²) in [6, 6.07) is 14.5. The highest BCUT2D eigenvalue weighted by atomic mass is 127. The third-order valence-electron chi connectivity index (χ3n) is 5.02. The average molecular weight is 564 g/mol. The minimum atomic E-state index is -3.19. The Kier molecular flexibility index (Phi) is 8.81. The zero-order chi connectivity index (χ0) is 20.9. The average Bonchev–Trinajstić information content (AvgIpc) is 3.48. The monoisotopic (exact) mass is 563 g/mol. The van der Waals surface area contributed by atoms with Crippen molar-refractivity contribution in [3.05, 3.63) is 59.1 Å². The van der Waals surface area contributed by atoms with Crippen molar-refractivity contribution in [2.45, 2.75) is 23.2 Å². The molecule has 9 heteroatoms. The molecule has 0 spiro atoms. The van der Waals surface area contributed by atoms with E-state index in [0.717, 1.165) is 24.4 Å². The second kappa shape index (κ2) is 10.7. The summed E-state index contributed by atoms with van der Waals surface area (Å²) in [4.78, 5) is 4.54. The van der Waals surface area contributed by atoms with Crippen LogP contribution in [0, 0.1) is 0 Å². The van der Waals surface area contributed by atoms with Crippen LogP contribution in [0.15, 0.2) is 58.4 Å². The second-order valence-corrected chi connectivity index (χ2v) is 9.69. The Balaban J connectivity index is 0.00000320. The van der Waals surface area contributed by atoms with Gasteiger partial charge < -0.3 is 15.4 Å². The normalized spacial score (nSPS) is 15.1. The van der Waals surface area contributed by atoms with E-state index in [1.165, 1.54) is 11.8 Å². The molecule has 1 aliphatic carbocycles. The van der Waals surface area contributed by atoms with Gasteiger partial charge in [-0.05, 0) is 54.8 Å². The van der Waals surface area contributed by atoms with Crippen molar-refractivity contribution in [2.24, 2.45) is 4.99 Å². The number of sulfone groups is 1. The molecule has 1 saturated carbocycles. The van der Waals surface area contributed by atoms with Gasteiger partial charge in [0.05, 0.1) is 11.4 Å². The zero-order valence-corrected chi connectivity index (χ0v) is 20.9. The minimum absolute atomic E-state index is 0. The highest BCUT2D eigenvalue weighted by Crippen LogP contribution is 2.48. The summed E-state index contributed by atoms with van der Waals surface area (Å²) in [5, 5.41) is 7.38. The molecule has 30 heavy (non-hydrogen) atoms. The Hall–Kier alpha value is -1.52. The molecule has 0 aliphatic heterocycles. The number of halogens is 2. The molecule has 0 heterocycles. The molecule has 1 aliphatic rings. The zero-order valence-electron chi connectivity index (χ0n) is 17.0. The summed E-state index contributed by atoms with van der Waals surface area (Å²) >= 11 is 6.13. The summed E-state index contributed by atoms with van der Waals surface area (Å²) in [6.07, 6.45) is 3.44. The first-order chi connectivity index (χ1) is 13.8. The molecule has 0 radical (unpaired) electrons. The van der Waals surface area contributed by atoms with Gasteiger partial charge in [0.15, 0.2) is 15.8 Å². The Labute approximate surface area is 200 Å². The molecule has 2 aromatic rings. The fraction of sp³-hybridized carbons (Fsp3) is 0.381. The van der Waals surface area contributed by atoms with Gasteiger partial charge in [-0.25, -0.2) is 8.42 Å². The van der Waals surface area contributed by atoms with Crippen LogP contribution < -0.4 is 15.4 Å². The predicted octanol–water partition coefficient (Wildman–Crippen LogP) is 3.64. The van der Waals surface area contributed by atoms with Crippen LogP contribution in [0.25, 0.3) is 0 Å². The van der Waals surface area contributed by atoms with E-state index in [0.29, 0.717) is 24.9 Å². The van der Waals surface area contributed by atoms with Crippen molar-refractivity contribution >= 4 is 51.4 Å². The Bertz CT molecular complexity index is 977. The number of benzene rings is 2. The fourth-order valence-corrected chi connectivity index (χ4v) is 3.95. The van der Waals surface area contributed by atoms with Crippen LogP contribution in [0.3, 0.4) is 0 Å². The van der Waals surface area contributed by atoms with Gasteiger partial charge >= 0.3 is 0 Å². The van der Waals surface area contributed by atoms with E-state index in [4.69, 9.17) is 16.3 Å². The van der Waals surface area contributed by atoms with Gasteiger partial charge in [0.2, 0.25) is 0 Å². The molecule has 0 amide bonds. The number of nitrogens with zero attached hydrogens (tertiary/aromatic N) is 1. The summed E-state index contributed by atoms with van der Waals surface area (Å²) < 4.78 is 28.6. The van der Waals surface area contributed by atoms with Crippen molar-refractivity contribution in [1.82, 2.24) is 10.6 Å². The van der Waals surface area contributed by atoms with Crippen LogP contribution in [-0.4, -0.2) is 47.4 Å². The van der Waals surface area contributed by atoms with Crippen LogP contribution in [0.1, 0.15) is 18.4 Å². The largest absolute Gasteiger partial charge is 0.492 e. The Morgan fingerprint density at radius 1 is 1.17 bits per heavy atom. The van der Waals surface area contributed by atoms with Gasteiger partial charge in [-0.15, -0.1) is 24.0 Å². The molecule has 0 atom stereocenters. The van der Waals surface area contributed by atoms with Crippen LogP contribution in [0.4, 0.5) is 0 Å². The lowest BCUT2D eigenvalue weighted by atomic mass is 9.96. The topological polar surface area (TPSA) is 79.8 Å². The first-order valence-electron chi connectivity index (χ1n) is 9.46. The molecular weight excluding hydrogens is 537 g/mol. The van der Waals surface area contributed by atoms with E-state index in [2.05, 4.69) is 21.7 Å². The molecular formula is C21H27ClIN3O3S. The van der Waals surface area contributed by atoms with Crippen molar-refractivity contribution < 1.29 is 13.2 Å². The molecule has 0 bridgehead atoms. The summed E-state index contributed by atoms with van der Waals surface area (Å²) in [6.45, 7) is 1.79. The molecule has 0 unspecified atom stereocenters. The molecule has 3 rings (SSSR count). The molecule has 0 aromatic heterocycles. The number of rotatable bonds is 8. The Morgan fingerprint density at radius 2 is 1.87 bits per heavy atom. The number of hydrogen-bond acceptors (Lipinski definition) is 4. The van der Waals surface area contributed by atoms with Crippen LogP contribution in [-0.2, 0) is 15.3 Å². The highest BCUT2D eigenvalue weighted by molar-refractivity contribution is 14.0. The van der Waals surface area contributed by atoms with Gasteiger partial charge in [-0.3, -0.25) is 4.99 Å². The standard InChI is InChI=1S/C21H26ClN3O3S.HI/c1-23-20(25-15-21(10-11-21)16-4-3-5-17(22)14-16)24-12-13-28-18-6-8-19(9-7-18)29(2,26)27;/h3-9,14H,10-13,15H2,1-2H3,(H2,23,24,25);1H. The molecule has 6 nitrogen and oxygen atoms in total. The first kappa shape index (κ1) is 24.7. The fourth-order valence-electron chi connectivity index (χ4n) is 3.13. The van der Waals surface area contributed by atoms with E-state index in [9.17, 15) is 8.42 Å². The van der Waals surface area contributed by atoms with Crippen molar-refractivity contribution in [3.8, 4) is 5.75 Å². The molecule has 0 saturated heterocycles. The maximum atomic E-state index is 11.5. The number of aliphatic imine (C=N–C) groups is 1. The van der Waals surface area contributed by atoms with Gasteiger partial charge in [-0.1, -0.05) is 23.7 Å². The summed E-state index contributed by atoms with van der Waals surface area (Å²) in [5.74, 6) is 1.34. The second-order valence-electron chi connectivity index (χ2n) is 7.24. The molecule has 2 N–H and O–H groups in total. The van der Waals surface area contributed by atoms with Crippen LogP contribution in [0.2, 0.25) is 5.02 Å². The quantitative estimate of drug-likeness (QED) is 0.222. The highest BCUT2D eigenvalue weighted by Gasteiger charge is 2.44. The van der Waals surface area contributed by atoms with E-state index in [1.807, 2.05) is 18.2 Å². The van der Waals surface area contributed by atoms with Gasteiger partial charge in [0.1, 0.15) is 12.4 Å².